The Kier molecular flexibility index (Phi) is 6.57. The maximum absolute atomic E-state index is 11.1. The second-order valence-electron chi connectivity index (χ2n) is 5.31. The van der Waals surface area contributed by atoms with E-state index in [1.165, 1.54) is 5.56 Å². The van der Waals surface area contributed by atoms with Gasteiger partial charge in [-0.3, -0.25) is 4.79 Å². The Morgan fingerprint density at radius 1 is 1.26 bits per heavy atom. The lowest BCUT2D eigenvalue weighted by atomic mass is 10.0. The number of nitrogens with one attached hydrogen (secondary N) is 1. The van der Waals surface area contributed by atoms with Crippen LogP contribution in [0.15, 0.2) is 24.3 Å². The molecule has 0 aliphatic heterocycles. The Morgan fingerprint density at radius 3 is 2.37 bits per heavy atom. The fourth-order valence-corrected chi connectivity index (χ4v) is 1.98. The highest BCUT2D eigenvalue weighted by Gasteiger charge is 2.15. The van der Waals surface area contributed by atoms with E-state index in [1.807, 2.05) is 0 Å². The third-order valence-electron chi connectivity index (χ3n) is 3.34. The van der Waals surface area contributed by atoms with Crippen LogP contribution in [-0.4, -0.2) is 17.1 Å². The number of carbonyl (C=O) groups is 1. The van der Waals surface area contributed by atoms with Crippen LogP contribution in [-0.2, 0) is 11.3 Å². The molecule has 3 heteroatoms. The summed E-state index contributed by atoms with van der Waals surface area (Å²) in [6.07, 6.45) is 2.65. The molecule has 0 spiro atoms. The molecule has 0 bridgehead atoms. The maximum Gasteiger partial charge on any atom is 0.320 e. The number of benzene rings is 1. The molecule has 1 aromatic rings. The number of rotatable bonds is 8. The normalized spacial score (nSPS) is 12.6. The fourth-order valence-electron chi connectivity index (χ4n) is 1.98. The molecule has 0 heterocycles. The minimum atomic E-state index is -0.757. The zero-order valence-electron chi connectivity index (χ0n) is 12.1. The molecule has 0 fully saturated rings. The zero-order valence-corrected chi connectivity index (χ0v) is 12.1. The summed E-state index contributed by atoms with van der Waals surface area (Å²) in [6.45, 7) is 7.01. The quantitative estimate of drug-likeness (QED) is 0.754. The van der Waals surface area contributed by atoms with Crippen LogP contribution in [0.3, 0.4) is 0 Å². The van der Waals surface area contributed by atoms with E-state index >= 15 is 0 Å². The number of carboxylic acid groups (broad SMARTS) is 1. The van der Waals surface area contributed by atoms with Crippen molar-refractivity contribution in [3.8, 4) is 0 Å². The Morgan fingerprint density at radius 2 is 1.89 bits per heavy atom. The van der Waals surface area contributed by atoms with Crippen molar-refractivity contribution in [2.45, 2.75) is 58.5 Å². The van der Waals surface area contributed by atoms with Crippen molar-refractivity contribution in [2.24, 2.45) is 0 Å². The fraction of sp³-hybridized carbons (Fsp3) is 0.562. The van der Waals surface area contributed by atoms with Gasteiger partial charge >= 0.3 is 5.97 Å². The lowest BCUT2D eigenvalue weighted by Gasteiger charge is -2.14. The highest BCUT2D eigenvalue weighted by atomic mass is 16.4. The van der Waals surface area contributed by atoms with Gasteiger partial charge in [0.2, 0.25) is 0 Å². The van der Waals surface area contributed by atoms with Crippen molar-refractivity contribution in [2.75, 3.05) is 0 Å². The highest BCUT2D eigenvalue weighted by Crippen LogP contribution is 2.14. The van der Waals surface area contributed by atoms with Crippen LogP contribution >= 0.6 is 0 Å². The van der Waals surface area contributed by atoms with Gasteiger partial charge in [0, 0.05) is 6.54 Å². The minimum absolute atomic E-state index is 0.440. The van der Waals surface area contributed by atoms with Crippen molar-refractivity contribution >= 4 is 5.97 Å². The summed E-state index contributed by atoms with van der Waals surface area (Å²) in [5.41, 5.74) is 2.44. The second-order valence-corrected chi connectivity index (χ2v) is 5.31. The summed E-state index contributed by atoms with van der Waals surface area (Å²) in [6, 6.07) is 7.93. The molecule has 2 N–H and O–H groups in total. The molecule has 0 saturated carbocycles. The summed E-state index contributed by atoms with van der Waals surface area (Å²) < 4.78 is 0. The summed E-state index contributed by atoms with van der Waals surface area (Å²) >= 11 is 0. The van der Waals surface area contributed by atoms with E-state index in [9.17, 15) is 4.79 Å². The third-order valence-corrected chi connectivity index (χ3v) is 3.34. The van der Waals surface area contributed by atoms with Crippen molar-refractivity contribution in [3.05, 3.63) is 35.4 Å². The molecule has 1 rings (SSSR count). The number of carboxylic acids is 1. The summed E-state index contributed by atoms with van der Waals surface area (Å²) in [7, 11) is 0. The SMILES string of the molecule is CCCCC(NCc1ccc(C(C)C)cc1)C(=O)O. The third kappa shape index (κ3) is 5.43. The van der Waals surface area contributed by atoms with E-state index in [0.29, 0.717) is 18.9 Å². The first-order valence-electron chi connectivity index (χ1n) is 7.09. The minimum Gasteiger partial charge on any atom is -0.480 e. The molecule has 19 heavy (non-hydrogen) atoms. The van der Waals surface area contributed by atoms with Crippen LogP contribution in [0.5, 0.6) is 0 Å². The van der Waals surface area contributed by atoms with Crippen LogP contribution in [0.2, 0.25) is 0 Å². The lowest BCUT2D eigenvalue weighted by molar-refractivity contribution is -0.139. The van der Waals surface area contributed by atoms with Gasteiger partial charge in [-0.2, -0.15) is 0 Å². The first-order valence-corrected chi connectivity index (χ1v) is 7.09. The predicted molar refractivity (Wildman–Crippen MR) is 78.3 cm³/mol. The molecule has 0 aliphatic carbocycles. The van der Waals surface area contributed by atoms with Gasteiger partial charge in [-0.25, -0.2) is 0 Å². The number of aliphatic carboxylic acids is 1. The van der Waals surface area contributed by atoms with E-state index in [0.717, 1.165) is 18.4 Å². The average Bonchev–Trinajstić information content (AvgIpc) is 2.39. The van der Waals surface area contributed by atoms with Gasteiger partial charge in [0.05, 0.1) is 0 Å². The van der Waals surface area contributed by atoms with Crippen LogP contribution in [0.4, 0.5) is 0 Å². The molecule has 0 aromatic heterocycles. The Balaban J connectivity index is 2.51. The highest BCUT2D eigenvalue weighted by molar-refractivity contribution is 5.73. The van der Waals surface area contributed by atoms with Gasteiger partial charge in [0.15, 0.2) is 0 Å². The molecule has 1 atom stereocenters. The van der Waals surface area contributed by atoms with Crippen molar-refractivity contribution in [3.63, 3.8) is 0 Å². The largest absolute Gasteiger partial charge is 0.480 e. The van der Waals surface area contributed by atoms with Crippen LogP contribution in [0.1, 0.15) is 57.1 Å². The van der Waals surface area contributed by atoms with Crippen LogP contribution in [0, 0.1) is 0 Å². The van der Waals surface area contributed by atoms with Gasteiger partial charge in [-0.15, -0.1) is 0 Å². The van der Waals surface area contributed by atoms with Gasteiger partial charge in [-0.05, 0) is 23.5 Å². The van der Waals surface area contributed by atoms with Crippen LogP contribution < -0.4 is 5.32 Å². The molecular formula is C16H25NO2. The summed E-state index contributed by atoms with van der Waals surface area (Å²) in [4.78, 5) is 11.1. The zero-order chi connectivity index (χ0) is 14.3. The predicted octanol–water partition coefficient (Wildman–Crippen LogP) is 3.54. The lowest BCUT2D eigenvalue weighted by Crippen LogP contribution is -2.36. The molecule has 0 amide bonds. The first kappa shape index (κ1) is 15.7. The van der Waals surface area contributed by atoms with E-state index in [-0.39, 0.29) is 0 Å². The van der Waals surface area contributed by atoms with Crippen LogP contribution in [0.25, 0.3) is 0 Å². The van der Waals surface area contributed by atoms with Gasteiger partial charge in [0.1, 0.15) is 6.04 Å². The molecule has 1 aromatic carbocycles. The molecule has 0 saturated heterocycles. The number of hydrogen-bond donors (Lipinski definition) is 2. The molecule has 3 nitrogen and oxygen atoms in total. The smallest absolute Gasteiger partial charge is 0.320 e. The Bertz CT molecular complexity index is 384. The molecule has 106 valence electrons. The average molecular weight is 263 g/mol. The van der Waals surface area contributed by atoms with Gasteiger partial charge in [-0.1, -0.05) is 57.9 Å². The first-order chi connectivity index (χ1) is 9.04. The topological polar surface area (TPSA) is 49.3 Å². The molecule has 0 radical (unpaired) electrons. The van der Waals surface area contributed by atoms with E-state index in [1.54, 1.807) is 0 Å². The summed E-state index contributed by atoms with van der Waals surface area (Å²) in [5.74, 6) is -0.231. The number of unbranched alkanes of at least 4 members (excludes halogenated alkanes) is 1. The number of hydrogen-bond acceptors (Lipinski definition) is 2. The van der Waals surface area contributed by atoms with Crippen molar-refractivity contribution < 1.29 is 9.90 Å². The maximum atomic E-state index is 11.1. The van der Waals surface area contributed by atoms with Gasteiger partial charge < -0.3 is 10.4 Å². The van der Waals surface area contributed by atoms with E-state index < -0.39 is 12.0 Å². The Hall–Kier alpha value is -1.35. The molecule has 1 unspecified atom stereocenters. The second kappa shape index (κ2) is 7.95. The van der Waals surface area contributed by atoms with Crippen molar-refractivity contribution in [1.29, 1.82) is 0 Å². The van der Waals surface area contributed by atoms with Crippen molar-refractivity contribution in [1.82, 2.24) is 5.32 Å². The van der Waals surface area contributed by atoms with E-state index in [2.05, 4.69) is 50.4 Å². The molecular weight excluding hydrogens is 238 g/mol. The van der Waals surface area contributed by atoms with Gasteiger partial charge in [0.25, 0.3) is 0 Å². The monoisotopic (exact) mass is 263 g/mol. The Labute approximate surface area is 116 Å². The summed E-state index contributed by atoms with van der Waals surface area (Å²) in [5, 5.41) is 12.3. The standard InChI is InChI=1S/C16H25NO2/c1-4-5-6-15(16(18)19)17-11-13-7-9-14(10-8-13)12(2)3/h7-10,12,15,17H,4-6,11H2,1-3H3,(H,18,19). The molecule has 0 aliphatic rings. The van der Waals surface area contributed by atoms with E-state index in [4.69, 9.17) is 5.11 Å².